The number of allylic oxidation sites excluding steroid dienone is 2. The van der Waals surface area contributed by atoms with Crippen LogP contribution in [-0.2, 0) is 12.3 Å². The summed E-state index contributed by atoms with van der Waals surface area (Å²) in [5.74, 6) is 0.824. The van der Waals surface area contributed by atoms with E-state index in [2.05, 4.69) is 23.5 Å². The molecule has 0 fully saturated rings. The van der Waals surface area contributed by atoms with E-state index in [9.17, 15) is 0 Å². The molecular formula is C22H21N3O. The van der Waals surface area contributed by atoms with Gasteiger partial charge in [-0.3, -0.25) is 5.73 Å². The van der Waals surface area contributed by atoms with Crippen LogP contribution in [0.25, 0.3) is 10.8 Å². The van der Waals surface area contributed by atoms with E-state index in [-0.39, 0.29) is 0 Å². The Morgan fingerprint density at radius 1 is 0.962 bits per heavy atom. The van der Waals surface area contributed by atoms with Gasteiger partial charge in [0.15, 0.2) is 5.66 Å². The molecule has 1 atom stereocenters. The van der Waals surface area contributed by atoms with Crippen molar-refractivity contribution in [2.24, 2.45) is 11.5 Å². The van der Waals surface area contributed by atoms with Gasteiger partial charge in [0.25, 0.3) is 0 Å². The van der Waals surface area contributed by atoms with Crippen LogP contribution < -0.4 is 21.5 Å². The van der Waals surface area contributed by atoms with Gasteiger partial charge in [0.2, 0.25) is 0 Å². The number of ether oxygens (including phenoxy) is 1. The summed E-state index contributed by atoms with van der Waals surface area (Å²) in [6, 6.07) is 22.2. The zero-order chi connectivity index (χ0) is 18.0. The van der Waals surface area contributed by atoms with Gasteiger partial charge in [0, 0.05) is 5.56 Å². The van der Waals surface area contributed by atoms with Crippen molar-refractivity contribution in [3.63, 3.8) is 0 Å². The van der Waals surface area contributed by atoms with E-state index in [1.807, 2.05) is 66.9 Å². The summed E-state index contributed by atoms with van der Waals surface area (Å²) in [6.07, 6.45) is 5.49. The molecule has 1 aliphatic heterocycles. The molecule has 1 aliphatic rings. The van der Waals surface area contributed by atoms with Gasteiger partial charge in [0.05, 0.1) is 5.70 Å². The van der Waals surface area contributed by atoms with Gasteiger partial charge in [-0.15, -0.1) is 0 Å². The average Bonchev–Trinajstić information content (AvgIpc) is 2.69. The lowest BCUT2D eigenvalue weighted by Gasteiger charge is -2.33. The minimum Gasteiger partial charge on any atom is -0.489 e. The highest BCUT2D eigenvalue weighted by molar-refractivity contribution is 5.88. The molecular weight excluding hydrogens is 322 g/mol. The van der Waals surface area contributed by atoms with Crippen molar-refractivity contribution < 1.29 is 4.74 Å². The first-order chi connectivity index (χ1) is 12.7. The fraction of sp³-hybridized carbons (Fsp3) is 0.0909. The molecule has 4 nitrogen and oxygen atoms in total. The minimum atomic E-state index is -0.916. The highest BCUT2D eigenvalue weighted by Gasteiger charge is 2.31. The molecule has 130 valence electrons. The van der Waals surface area contributed by atoms with Gasteiger partial charge in [0.1, 0.15) is 12.4 Å². The molecule has 0 aliphatic carbocycles. The van der Waals surface area contributed by atoms with Gasteiger partial charge in [-0.05, 0) is 46.8 Å². The summed E-state index contributed by atoms with van der Waals surface area (Å²) >= 11 is 0. The van der Waals surface area contributed by atoms with E-state index in [0.717, 1.165) is 27.6 Å². The number of rotatable bonds is 4. The Morgan fingerprint density at radius 3 is 2.62 bits per heavy atom. The fourth-order valence-corrected chi connectivity index (χ4v) is 3.22. The number of benzene rings is 3. The van der Waals surface area contributed by atoms with E-state index in [4.69, 9.17) is 16.2 Å². The number of fused-ring (bicyclic) bond motifs is 1. The molecule has 3 aromatic rings. The lowest BCUT2D eigenvalue weighted by atomic mass is 9.90. The molecule has 0 saturated heterocycles. The second-order valence-corrected chi connectivity index (χ2v) is 6.40. The van der Waals surface area contributed by atoms with Crippen LogP contribution in [0.1, 0.15) is 11.1 Å². The molecule has 4 heteroatoms. The molecule has 0 bridgehead atoms. The highest BCUT2D eigenvalue weighted by atomic mass is 16.5. The van der Waals surface area contributed by atoms with Gasteiger partial charge in [-0.2, -0.15) is 0 Å². The molecule has 26 heavy (non-hydrogen) atoms. The van der Waals surface area contributed by atoms with E-state index < -0.39 is 5.66 Å². The van der Waals surface area contributed by atoms with Crippen molar-refractivity contribution in [2.45, 2.75) is 12.3 Å². The summed E-state index contributed by atoms with van der Waals surface area (Å²) in [5.41, 5.74) is 14.5. The zero-order valence-electron chi connectivity index (χ0n) is 14.4. The summed E-state index contributed by atoms with van der Waals surface area (Å²) in [7, 11) is 0. The predicted octanol–water partition coefficient (Wildman–Crippen LogP) is 3.49. The van der Waals surface area contributed by atoms with E-state index in [1.54, 1.807) is 0 Å². The highest BCUT2D eigenvalue weighted by Crippen LogP contribution is 2.32. The van der Waals surface area contributed by atoms with E-state index >= 15 is 0 Å². The lowest BCUT2D eigenvalue weighted by molar-refractivity contribution is 0.306. The van der Waals surface area contributed by atoms with Crippen molar-refractivity contribution in [3.05, 3.63) is 102 Å². The van der Waals surface area contributed by atoms with Gasteiger partial charge in [-0.1, -0.05) is 54.6 Å². The maximum absolute atomic E-state index is 6.58. The third kappa shape index (κ3) is 2.91. The second-order valence-electron chi connectivity index (χ2n) is 6.40. The normalized spacial score (nSPS) is 19.0. The van der Waals surface area contributed by atoms with Gasteiger partial charge in [-0.25, -0.2) is 0 Å². The molecule has 3 aromatic carbocycles. The third-order valence-electron chi connectivity index (χ3n) is 4.66. The standard InChI is InChI=1S/C22H21N3O/c23-21-10-5-13-25-22(21,24)20-9-4-8-17-14-18(11-12-19(17)20)26-15-16-6-2-1-3-7-16/h1-14,25H,15,23-24H2. The third-order valence-corrected chi connectivity index (χ3v) is 4.66. The molecule has 0 aromatic heterocycles. The average molecular weight is 343 g/mol. The summed E-state index contributed by atoms with van der Waals surface area (Å²) in [5, 5.41) is 5.29. The summed E-state index contributed by atoms with van der Waals surface area (Å²) in [4.78, 5) is 0. The number of hydrogen-bond acceptors (Lipinski definition) is 4. The van der Waals surface area contributed by atoms with Crippen molar-refractivity contribution >= 4 is 10.8 Å². The Morgan fingerprint density at radius 2 is 1.81 bits per heavy atom. The van der Waals surface area contributed by atoms with Crippen LogP contribution in [0.5, 0.6) is 5.75 Å². The number of hydrogen-bond donors (Lipinski definition) is 3. The first kappa shape index (κ1) is 16.2. The number of dihydropyridines is 1. The van der Waals surface area contributed by atoms with Crippen LogP contribution in [0.3, 0.4) is 0 Å². The first-order valence-corrected chi connectivity index (χ1v) is 8.56. The minimum absolute atomic E-state index is 0.537. The Balaban J connectivity index is 1.66. The van der Waals surface area contributed by atoms with Crippen molar-refractivity contribution in [1.82, 2.24) is 5.32 Å². The Labute approximate surface area is 152 Å². The van der Waals surface area contributed by atoms with Crippen LogP contribution in [0.2, 0.25) is 0 Å². The smallest absolute Gasteiger partial charge is 0.153 e. The fourth-order valence-electron chi connectivity index (χ4n) is 3.22. The first-order valence-electron chi connectivity index (χ1n) is 8.56. The van der Waals surface area contributed by atoms with Crippen molar-refractivity contribution in [3.8, 4) is 5.75 Å². The van der Waals surface area contributed by atoms with Crippen LogP contribution in [-0.4, -0.2) is 0 Å². The molecule has 1 heterocycles. The quantitative estimate of drug-likeness (QED) is 0.678. The molecule has 0 amide bonds. The number of nitrogens with one attached hydrogen (secondary N) is 1. The van der Waals surface area contributed by atoms with Gasteiger partial charge < -0.3 is 15.8 Å². The van der Waals surface area contributed by atoms with Crippen LogP contribution >= 0.6 is 0 Å². The topological polar surface area (TPSA) is 73.3 Å². The predicted molar refractivity (Wildman–Crippen MR) is 105 cm³/mol. The van der Waals surface area contributed by atoms with E-state index in [1.165, 1.54) is 0 Å². The molecule has 0 saturated carbocycles. The van der Waals surface area contributed by atoms with Crippen LogP contribution in [0, 0.1) is 0 Å². The molecule has 5 N–H and O–H groups in total. The molecule has 1 unspecified atom stereocenters. The largest absolute Gasteiger partial charge is 0.489 e. The van der Waals surface area contributed by atoms with Crippen molar-refractivity contribution in [1.29, 1.82) is 0 Å². The lowest BCUT2D eigenvalue weighted by Crippen LogP contribution is -2.53. The van der Waals surface area contributed by atoms with E-state index in [0.29, 0.717) is 12.3 Å². The SMILES string of the molecule is NC1=CC=CNC1(N)c1cccc2cc(OCc3ccccc3)ccc12. The van der Waals surface area contributed by atoms with Crippen LogP contribution in [0.15, 0.2) is 90.8 Å². The molecule has 0 spiro atoms. The Hall–Kier alpha value is -3.24. The van der Waals surface area contributed by atoms with Crippen molar-refractivity contribution in [2.75, 3.05) is 0 Å². The molecule has 4 rings (SSSR count). The monoisotopic (exact) mass is 343 g/mol. The maximum atomic E-state index is 6.58. The molecule has 0 radical (unpaired) electrons. The maximum Gasteiger partial charge on any atom is 0.153 e. The van der Waals surface area contributed by atoms with Crippen LogP contribution in [0.4, 0.5) is 0 Å². The Bertz CT molecular complexity index is 995. The number of nitrogens with two attached hydrogens (primary N) is 2. The zero-order valence-corrected chi connectivity index (χ0v) is 14.4. The summed E-state index contributed by atoms with van der Waals surface area (Å²) in [6.45, 7) is 0.537. The Kier molecular flexibility index (Phi) is 4.11. The van der Waals surface area contributed by atoms with Gasteiger partial charge >= 0.3 is 0 Å². The summed E-state index contributed by atoms with van der Waals surface area (Å²) < 4.78 is 5.94. The second kappa shape index (κ2) is 6.58.